The van der Waals surface area contributed by atoms with Gasteiger partial charge in [-0.2, -0.15) is 4.31 Å². The van der Waals surface area contributed by atoms with Crippen molar-refractivity contribution < 1.29 is 13.2 Å². The van der Waals surface area contributed by atoms with Crippen LogP contribution < -0.4 is 5.32 Å². The first kappa shape index (κ1) is 26.1. The summed E-state index contributed by atoms with van der Waals surface area (Å²) in [6.07, 6.45) is 1.75. The van der Waals surface area contributed by atoms with Crippen LogP contribution in [-0.2, 0) is 14.8 Å². The molecule has 1 saturated heterocycles. The minimum atomic E-state index is -3.58. The average Bonchev–Trinajstić information content (AvgIpc) is 3.64. The number of rotatable bonds is 9. The van der Waals surface area contributed by atoms with Gasteiger partial charge in [-0.15, -0.1) is 10.2 Å². The summed E-state index contributed by atoms with van der Waals surface area (Å²) >= 11 is 1.28. The van der Waals surface area contributed by atoms with E-state index < -0.39 is 10.0 Å². The first-order chi connectivity index (χ1) is 18.4. The van der Waals surface area contributed by atoms with Gasteiger partial charge in [0.2, 0.25) is 15.9 Å². The molecule has 0 saturated carbocycles. The third-order valence-electron chi connectivity index (χ3n) is 6.45. The van der Waals surface area contributed by atoms with Crippen LogP contribution in [0, 0.1) is 0 Å². The Morgan fingerprint density at radius 2 is 1.63 bits per heavy atom. The Labute approximate surface area is 227 Å². The van der Waals surface area contributed by atoms with Crippen LogP contribution in [0.25, 0.3) is 17.1 Å². The molecule has 38 heavy (non-hydrogen) atoms. The third-order valence-corrected chi connectivity index (χ3v) is 9.28. The van der Waals surface area contributed by atoms with Crippen LogP contribution in [0.4, 0.5) is 0 Å². The SMILES string of the molecule is C[C@@H](NC(=O)CSc1nnc(-c2cccc(S(=O)(=O)N3CCCC3)c2)n1-c1ccccc1)c1ccccc1. The molecule has 1 aliphatic rings. The third kappa shape index (κ3) is 5.67. The van der Waals surface area contributed by atoms with Crippen molar-refractivity contribution in [2.75, 3.05) is 18.8 Å². The highest BCUT2D eigenvalue weighted by molar-refractivity contribution is 7.99. The molecule has 1 amide bonds. The molecule has 1 aromatic heterocycles. The molecule has 2 heterocycles. The Morgan fingerprint density at radius 3 is 2.34 bits per heavy atom. The van der Waals surface area contributed by atoms with Crippen molar-refractivity contribution >= 4 is 27.7 Å². The van der Waals surface area contributed by atoms with Crippen LogP contribution in [0.15, 0.2) is 95.0 Å². The number of hydrogen-bond donors (Lipinski definition) is 1. The lowest BCUT2D eigenvalue weighted by Crippen LogP contribution is -2.28. The van der Waals surface area contributed by atoms with E-state index in [9.17, 15) is 13.2 Å². The second-order valence-corrected chi connectivity index (χ2v) is 12.0. The van der Waals surface area contributed by atoms with Crippen LogP contribution in [0.2, 0.25) is 0 Å². The van der Waals surface area contributed by atoms with Crippen LogP contribution in [0.3, 0.4) is 0 Å². The van der Waals surface area contributed by atoms with Gasteiger partial charge in [0.25, 0.3) is 0 Å². The predicted octanol–water partition coefficient (Wildman–Crippen LogP) is 4.69. The molecule has 0 spiro atoms. The minimum absolute atomic E-state index is 0.116. The lowest BCUT2D eigenvalue weighted by molar-refractivity contribution is -0.119. The van der Waals surface area contributed by atoms with E-state index in [0.29, 0.717) is 29.6 Å². The highest BCUT2D eigenvalue weighted by atomic mass is 32.2. The Bertz CT molecular complexity index is 1500. The van der Waals surface area contributed by atoms with Gasteiger partial charge in [0.1, 0.15) is 0 Å². The standard InChI is InChI=1S/C28H29N5O3S2/c1-21(22-11-4-2-5-12-22)29-26(34)20-37-28-31-30-27(33(28)24-14-6-3-7-15-24)23-13-10-16-25(19-23)38(35,36)32-17-8-9-18-32/h2-7,10-16,19,21H,8-9,17-18,20H2,1H3,(H,29,34)/t21-/m1/s1. The summed E-state index contributed by atoms with van der Waals surface area (Å²) in [5.41, 5.74) is 2.49. The number of carbonyl (C=O) groups excluding carboxylic acids is 1. The highest BCUT2D eigenvalue weighted by Crippen LogP contribution is 2.30. The van der Waals surface area contributed by atoms with E-state index in [1.807, 2.05) is 78.2 Å². The second kappa shape index (κ2) is 11.5. The number of aromatic nitrogens is 3. The fourth-order valence-corrected chi connectivity index (χ4v) is 6.80. The quantitative estimate of drug-likeness (QED) is 0.306. The van der Waals surface area contributed by atoms with E-state index in [1.54, 1.807) is 18.2 Å². The maximum absolute atomic E-state index is 13.2. The van der Waals surface area contributed by atoms with Crippen molar-refractivity contribution in [3.8, 4) is 17.1 Å². The molecular weight excluding hydrogens is 518 g/mol. The maximum atomic E-state index is 13.2. The Balaban J connectivity index is 1.41. The number of nitrogens with zero attached hydrogens (tertiary/aromatic N) is 4. The first-order valence-corrected chi connectivity index (χ1v) is 14.9. The van der Waals surface area contributed by atoms with Crippen LogP contribution in [0.1, 0.15) is 31.4 Å². The zero-order valence-electron chi connectivity index (χ0n) is 21.0. The van der Waals surface area contributed by atoms with Crippen molar-refractivity contribution in [3.05, 3.63) is 90.5 Å². The van der Waals surface area contributed by atoms with E-state index in [1.165, 1.54) is 16.1 Å². The van der Waals surface area contributed by atoms with Crippen molar-refractivity contribution in [3.63, 3.8) is 0 Å². The number of para-hydroxylation sites is 1. The van der Waals surface area contributed by atoms with E-state index in [-0.39, 0.29) is 22.6 Å². The number of thioether (sulfide) groups is 1. The molecule has 8 nitrogen and oxygen atoms in total. The van der Waals surface area contributed by atoms with Crippen molar-refractivity contribution in [2.45, 2.75) is 35.9 Å². The van der Waals surface area contributed by atoms with Crippen LogP contribution in [-0.4, -0.2) is 52.2 Å². The minimum Gasteiger partial charge on any atom is -0.349 e. The van der Waals surface area contributed by atoms with Gasteiger partial charge in [-0.1, -0.05) is 72.4 Å². The summed E-state index contributed by atoms with van der Waals surface area (Å²) in [7, 11) is -3.58. The average molecular weight is 548 g/mol. The first-order valence-electron chi connectivity index (χ1n) is 12.5. The largest absolute Gasteiger partial charge is 0.349 e. The summed E-state index contributed by atoms with van der Waals surface area (Å²) in [4.78, 5) is 13.0. The topological polar surface area (TPSA) is 97.2 Å². The van der Waals surface area contributed by atoms with Gasteiger partial charge in [-0.3, -0.25) is 9.36 Å². The number of benzene rings is 3. The zero-order chi connectivity index (χ0) is 26.5. The molecule has 0 unspecified atom stereocenters. The van der Waals surface area contributed by atoms with E-state index in [2.05, 4.69) is 15.5 Å². The molecule has 0 bridgehead atoms. The fourth-order valence-electron chi connectivity index (χ4n) is 4.47. The van der Waals surface area contributed by atoms with E-state index in [0.717, 1.165) is 24.1 Å². The van der Waals surface area contributed by atoms with Gasteiger partial charge in [0, 0.05) is 24.3 Å². The van der Waals surface area contributed by atoms with Gasteiger partial charge < -0.3 is 5.32 Å². The monoisotopic (exact) mass is 547 g/mol. The molecule has 1 fully saturated rings. The Morgan fingerprint density at radius 1 is 0.947 bits per heavy atom. The molecule has 1 atom stereocenters. The van der Waals surface area contributed by atoms with Gasteiger partial charge in [0.05, 0.1) is 16.7 Å². The predicted molar refractivity (Wildman–Crippen MR) is 149 cm³/mol. The smallest absolute Gasteiger partial charge is 0.243 e. The van der Waals surface area contributed by atoms with Crippen molar-refractivity contribution in [2.24, 2.45) is 0 Å². The normalized spacial score (nSPS) is 14.9. The Hall–Kier alpha value is -3.47. The van der Waals surface area contributed by atoms with Gasteiger partial charge in [-0.05, 0) is 49.6 Å². The molecule has 10 heteroatoms. The summed E-state index contributed by atoms with van der Waals surface area (Å²) < 4.78 is 29.8. The summed E-state index contributed by atoms with van der Waals surface area (Å²) in [5.74, 6) is 0.551. The number of nitrogens with one attached hydrogen (secondary N) is 1. The van der Waals surface area contributed by atoms with E-state index in [4.69, 9.17) is 0 Å². The summed E-state index contributed by atoms with van der Waals surface area (Å²) in [5, 5.41) is 12.4. The molecule has 4 aromatic rings. The molecule has 196 valence electrons. The lowest BCUT2D eigenvalue weighted by Gasteiger charge is -2.16. The summed E-state index contributed by atoms with van der Waals surface area (Å²) in [6, 6.07) is 26.1. The molecule has 1 N–H and O–H groups in total. The lowest BCUT2D eigenvalue weighted by atomic mass is 10.1. The molecule has 0 aliphatic carbocycles. The zero-order valence-corrected chi connectivity index (χ0v) is 22.7. The second-order valence-electron chi connectivity index (χ2n) is 9.10. The number of hydrogen-bond acceptors (Lipinski definition) is 6. The number of sulfonamides is 1. The molecular formula is C28H29N5O3S2. The fraction of sp³-hybridized carbons (Fsp3) is 0.250. The maximum Gasteiger partial charge on any atom is 0.243 e. The molecule has 5 rings (SSSR count). The van der Waals surface area contributed by atoms with Crippen molar-refractivity contribution in [1.82, 2.24) is 24.4 Å². The van der Waals surface area contributed by atoms with Crippen LogP contribution >= 0.6 is 11.8 Å². The van der Waals surface area contributed by atoms with Gasteiger partial charge >= 0.3 is 0 Å². The number of amides is 1. The van der Waals surface area contributed by atoms with Gasteiger partial charge in [0.15, 0.2) is 11.0 Å². The molecule has 0 radical (unpaired) electrons. The molecule has 1 aliphatic heterocycles. The molecule has 3 aromatic carbocycles. The van der Waals surface area contributed by atoms with Gasteiger partial charge in [-0.25, -0.2) is 8.42 Å². The Kier molecular flexibility index (Phi) is 7.92. The van der Waals surface area contributed by atoms with Crippen molar-refractivity contribution in [1.29, 1.82) is 0 Å². The van der Waals surface area contributed by atoms with E-state index >= 15 is 0 Å². The highest BCUT2D eigenvalue weighted by Gasteiger charge is 2.28. The van der Waals surface area contributed by atoms with Crippen LogP contribution in [0.5, 0.6) is 0 Å². The number of carbonyl (C=O) groups is 1. The summed E-state index contributed by atoms with van der Waals surface area (Å²) in [6.45, 7) is 3.03.